The average molecular weight is 420 g/mol. The molecule has 6 amide bonds. The van der Waals surface area contributed by atoms with Crippen molar-refractivity contribution in [3.63, 3.8) is 0 Å². The molecule has 1 unspecified atom stereocenters. The molecule has 2 aromatic carbocycles. The average Bonchev–Trinajstić information content (AvgIpc) is 2.98. The largest absolute Gasteiger partial charge is 0.334 e. The Hall–Kier alpha value is -4.01. The number of carbonyl (C=O) groups is 5. The van der Waals surface area contributed by atoms with Gasteiger partial charge in [-0.2, -0.15) is 0 Å². The van der Waals surface area contributed by atoms with E-state index in [1.165, 1.54) is 12.1 Å². The molecule has 9 heteroatoms. The summed E-state index contributed by atoms with van der Waals surface area (Å²) < 4.78 is 0. The Bertz CT molecular complexity index is 1110. The predicted molar refractivity (Wildman–Crippen MR) is 110 cm³/mol. The number of fused-ring (bicyclic) bond motifs is 1. The number of nitrogens with zero attached hydrogens (tertiary/aromatic N) is 1. The molecule has 2 heterocycles. The summed E-state index contributed by atoms with van der Waals surface area (Å²) >= 11 is 0. The summed E-state index contributed by atoms with van der Waals surface area (Å²) in [5.74, 6) is -2.22. The lowest BCUT2D eigenvalue weighted by Gasteiger charge is -2.27. The Morgan fingerprint density at radius 1 is 1.03 bits per heavy atom. The van der Waals surface area contributed by atoms with E-state index in [9.17, 15) is 24.0 Å². The molecular weight excluding hydrogens is 400 g/mol. The molecule has 0 spiro atoms. The van der Waals surface area contributed by atoms with Crippen LogP contribution in [0.4, 0.5) is 10.5 Å². The Labute approximate surface area is 177 Å². The smallest absolute Gasteiger partial charge is 0.319 e. The summed E-state index contributed by atoms with van der Waals surface area (Å²) in [6.07, 6.45) is 0.165. The van der Waals surface area contributed by atoms with E-state index >= 15 is 0 Å². The monoisotopic (exact) mass is 420 g/mol. The van der Waals surface area contributed by atoms with Crippen molar-refractivity contribution in [2.45, 2.75) is 32.4 Å². The Balaban J connectivity index is 1.43. The van der Waals surface area contributed by atoms with E-state index in [1.54, 1.807) is 18.2 Å². The molecule has 158 valence electrons. The molecule has 1 saturated heterocycles. The lowest BCUT2D eigenvalue weighted by atomic mass is 10.0. The molecule has 0 aromatic heterocycles. The van der Waals surface area contributed by atoms with E-state index in [1.807, 2.05) is 19.1 Å². The first-order chi connectivity index (χ1) is 14.8. The second kappa shape index (κ2) is 8.02. The summed E-state index contributed by atoms with van der Waals surface area (Å²) in [6, 6.07) is 10.6. The van der Waals surface area contributed by atoms with Crippen LogP contribution in [0.3, 0.4) is 0 Å². The van der Waals surface area contributed by atoms with E-state index < -0.39 is 35.7 Å². The normalized spacial score (nSPS) is 18.0. The number of benzene rings is 2. The first kappa shape index (κ1) is 20.3. The molecule has 9 nitrogen and oxygen atoms in total. The molecule has 2 aliphatic heterocycles. The van der Waals surface area contributed by atoms with Gasteiger partial charge in [0.1, 0.15) is 6.04 Å². The van der Waals surface area contributed by atoms with Crippen LogP contribution in [0.15, 0.2) is 42.5 Å². The number of urea groups is 1. The quantitative estimate of drug-likeness (QED) is 0.650. The Morgan fingerprint density at radius 2 is 1.74 bits per heavy atom. The summed E-state index contributed by atoms with van der Waals surface area (Å²) in [4.78, 5) is 62.0. The minimum Gasteiger partial charge on any atom is -0.334 e. The summed E-state index contributed by atoms with van der Waals surface area (Å²) in [7, 11) is 0. The zero-order valence-electron chi connectivity index (χ0n) is 16.7. The van der Waals surface area contributed by atoms with Crippen molar-refractivity contribution in [1.29, 1.82) is 0 Å². The number of nitrogens with one attached hydrogen (secondary N) is 3. The highest BCUT2D eigenvalue weighted by atomic mass is 16.2. The molecule has 0 saturated carbocycles. The molecule has 1 fully saturated rings. The zero-order valence-corrected chi connectivity index (χ0v) is 16.7. The molecule has 31 heavy (non-hydrogen) atoms. The van der Waals surface area contributed by atoms with Gasteiger partial charge in [0.05, 0.1) is 11.1 Å². The van der Waals surface area contributed by atoms with Crippen LogP contribution in [0.2, 0.25) is 0 Å². The third kappa shape index (κ3) is 4.02. The number of anilines is 1. The molecule has 0 radical (unpaired) electrons. The number of amides is 6. The van der Waals surface area contributed by atoms with Crippen LogP contribution in [-0.2, 0) is 16.1 Å². The van der Waals surface area contributed by atoms with Gasteiger partial charge in [0.15, 0.2) is 0 Å². The highest BCUT2D eigenvalue weighted by Gasteiger charge is 2.44. The van der Waals surface area contributed by atoms with Crippen LogP contribution in [0.5, 0.6) is 0 Å². The van der Waals surface area contributed by atoms with E-state index in [-0.39, 0.29) is 30.5 Å². The molecule has 2 aromatic rings. The van der Waals surface area contributed by atoms with Gasteiger partial charge >= 0.3 is 6.03 Å². The maximum atomic E-state index is 12.8. The van der Waals surface area contributed by atoms with E-state index in [4.69, 9.17) is 0 Å². The SMILES string of the molecule is Cc1ccc(NC(=O)NCc2ccc3c(c2)C(=O)N(C2CCC(=O)NC2=O)C3=O)cc1. The number of aryl methyl sites for hydroxylation is 1. The molecule has 2 aliphatic rings. The van der Waals surface area contributed by atoms with Crippen molar-refractivity contribution in [3.8, 4) is 0 Å². The number of carbonyl (C=O) groups excluding carboxylic acids is 5. The predicted octanol–water partition coefficient (Wildman–Crippen LogP) is 1.72. The second-order valence-electron chi connectivity index (χ2n) is 7.50. The van der Waals surface area contributed by atoms with Crippen molar-refractivity contribution in [1.82, 2.24) is 15.5 Å². The molecule has 4 rings (SSSR count). The number of hydrogen-bond donors (Lipinski definition) is 3. The highest BCUT2D eigenvalue weighted by Crippen LogP contribution is 2.28. The van der Waals surface area contributed by atoms with Gasteiger partial charge in [-0.15, -0.1) is 0 Å². The fraction of sp³-hybridized carbons (Fsp3) is 0.227. The third-order valence-electron chi connectivity index (χ3n) is 5.27. The minimum atomic E-state index is -1.01. The van der Waals surface area contributed by atoms with Gasteiger partial charge in [-0.25, -0.2) is 4.79 Å². The van der Waals surface area contributed by atoms with Gasteiger partial charge in [-0.1, -0.05) is 23.8 Å². The van der Waals surface area contributed by atoms with Crippen molar-refractivity contribution in [2.75, 3.05) is 5.32 Å². The van der Waals surface area contributed by atoms with E-state index in [0.717, 1.165) is 10.5 Å². The van der Waals surface area contributed by atoms with Crippen LogP contribution >= 0.6 is 0 Å². The fourth-order valence-electron chi connectivity index (χ4n) is 3.62. The molecule has 0 aliphatic carbocycles. The Morgan fingerprint density at radius 3 is 2.45 bits per heavy atom. The summed E-state index contributed by atoms with van der Waals surface area (Å²) in [5.41, 5.74) is 2.73. The standard InChI is InChI=1S/C22H20N4O5/c1-12-2-5-14(6-3-12)24-22(31)23-11-13-4-7-15-16(10-13)21(30)26(20(15)29)17-8-9-18(27)25-19(17)28/h2-7,10,17H,8-9,11H2,1H3,(H2,23,24,31)(H,25,27,28). The van der Waals surface area contributed by atoms with Crippen molar-refractivity contribution < 1.29 is 24.0 Å². The molecule has 1 atom stereocenters. The lowest BCUT2D eigenvalue weighted by molar-refractivity contribution is -0.136. The van der Waals surface area contributed by atoms with E-state index in [0.29, 0.717) is 11.3 Å². The van der Waals surface area contributed by atoms with Gasteiger partial charge < -0.3 is 10.6 Å². The van der Waals surface area contributed by atoms with Gasteiger partial charge in [0, 0.05) is 18.7 Å². The summed E-state index contributed by atoms with van der Waals surface area (Å²) in [6.45, 7) is 2.09. The first-order valence-corrected chi connectivity index (χ1v) is 9.79. The highest BCUT2D eigenvalue weighted by molar-refractivity contribution is 6.23. The van der Waals surface area contributed by atoms with Gasteiger partial charge in [0.2, 0.25) is 11.8 Å². The van der Waals surface area contributed by atoms with Crippen LogP contribution in [0.25, 0.3) is 0 Å². The number of imide groups is 2. The maximum absolute atomic E-state index is 12.8. The molecule has 0 bridgehead atoms. The number of rotatable bonds is 4. The van der Waals surface area contributed by atoms with Crippen molar-refractivity contribution >= 4 is 35.3 Å². The van der Waals surface area contributed by atoms with Crippen LogP contribution in [0, 0.1) is 6.92 Å². The first-order valence-electron chi connectivity index (χ1n) is 9.79. The van der Waals surface area contributed by atoms with Crippen LogP contribution < -0.4 is 16.0 Å². The van der Waals surface area contributed by atoms with Crippen LogP contribution in [0.1, 0.15) is 44.7 Å². The van der Waals surface area contributed by atoms with Crippen molar-refractivity contribution in [2.24, 2.45) is 0 Å². The number of piperidine rings is 1. The van der Waals surface area contributed by atoms with E-state index in [2.05, 4.69) is 16.0 Å². The molecular formula is C22H20N4O5. The van der Waals surface area contributed by atoms with Crippen LogP contribution in [-0.4, -0.2) is 40.6 Å². The Kier molecular flexibility index (Phi) is 5.24. The van der Waals surface area contributed by atoms with Gasteiger partial charge in [0.25, 0.3) is 11.8 Å². The van der Waals surface area contributed by atoms with Gasteiger partial charge in [-0.05, 0) is 43.2 Å². The molecule has 3 N–H and O–H groups in total. The van der Waals surface area contributed by atoms with Crippen molar-refractivity contribution in [3.05, 3.63) is 64.7 Å². The third-order valence-corrected chi connectivity index (χ3v) is 5.27. The fourth-order valence-corrected chi connectivity index (χ4v) is 3.62. The van der Waals surface area contributed by atoms with Gasteiger partial charge in [-0.3, -0.25) is 29.4 Å². The maximum Gasteiger partial charge on any atom is 0.319 e. The zero-order chi connectivity index (χ0) is 22.1. The topological polar surface area (TPSA) is 125 Å². The summed E-state index contributed by atoms with van der Waals surface area (Å²) in [5, 5.41) is 7.58. The number of hydrogen-bond acceptors (Lipinski definition) is 5. The second-order valence-corrected chi connectivity index (χ2v) is 7.50. The lowest BCUT2D eigenvalue weighted by Crippen LogP contribution is -2.54. The minimum absolute atomic E-state index is 0.0646.